The van der Waals surface area contributed by atoms with Crippen LogP contribution in [0.2, 0.25) is 0 Å². The molecule has 4 saturated heterocycles. The molecule has 6 nitrogen and oxygen atoms in total. The van der Waals surface area contributed by atoms with Gasteiger partial charge in [0.25, 0.3) is 0 Å². The number of anilines is 1. The van der Waals surface area contributed by atoms with Gasteiger partial charge in [0.1, 0.15) is 5.82 Å². The third kappa shape index (κ3) is 3.39. The number of piperazine rings is 3. The van der Waals surface area contributed by atoms with Crippen LogP contribution in [0.3, 0.4) is 0 Å². The minimum Gasteiger partial charge on any atom is -0.354 e. The van der Waals surface area contributed by atoms with Gasteiger partial charge in [-0.3, -0.25) is 19.4 Å². The van der Waals surface area contributed by atoms with Gasteiger partial charge in [0.05, 0.1) is 5.92 Å². The van der Waals surface area contributed by atoms with E-state index in [4.69, 9.17) is 0 Å². The third-order valence-electron chi connectivity index (χ3n) is 5.54. The lowest BCUT2D eigenvalue weighted by Gasteiger charge is -2.47. The molecule has 1 N–H and O–H groups in total. The van der Waals surface area contributed by atoms with Crippen LogP contribution in [0.1, 0.15) is 6.42 Å². The van der Waals surface area contributed by atoms with E-state index in [-0.39, 0.29) is 30.0 Å². The highest BCUT2D eigenvalue weighted by Crippen LogP contribution is 2.25. The molecule has 2 bridgehead atoms. The lowest BCUT2D eigenvalue weighted by molar-refractivity contribution is -0.126. The van der Waals surface area contributed by atoms with Gasteiger partial charge in [0, 0.05) is 64.0 Å². The lowest BCUT2D eigenvalue weighted by atomic mass is 10.1. The summed E-state index contributed by atoms with van der Waals surface area (Å²) in [5.74, 6) is -0.820. The molecule has 4 aliphatic heterocycles. The molecule has 0 aliphatic carbocycles. The zero-order chi connectivity index (χ0) is 17.4. The van der Waals surface area contributed by atoms with Gasteiger partial charge in [0.2, 0.25) is 11.8 Å². The van der Waals surface area contributed by atoms with Gasteiger partial charge in [-0.05, 0) is 24.3 Å². The van der Waals surface area contributed by atoms with Crippen LogP contribution in [-0.4, -0.2) is 73.5 Å². The number of halogens is 1. The van der Waals surface area contributed by atoms with Gasteiger partial charge >= 0.3 is 0 Å². The van der Waals surface area contributed by atoms with Crippen molar-refractivity contribution in [2.24, 2.45) is 5.92 Å². The molecule has 2 amide bonds. The molecule has 134 valence electrons. The van der Waals surface area contributed by atoms with E-state index in [0.29, 0.717) is 24.8 Å². The van der Waals surface area contributed by atoms with Gasteiger partial charge < -0.3 is 10.2 Å². The molecule has 7 heteroatoms. The number of hydrogen-bond donors (Lipinski definition) is 1. The summed E-state index contributed by atoms with van der Waals surface area (Å²) in [5.41, 5.74) is 0.644. The van der Waals surface area contributed by atoms with Gasteiger partial charge in [-0.15, -0.1) is 0 Å². The fraction of sp³-hybridized carbons (Fsp3) is 0.556. The van der Waals surface area contributed by atoms with Crippen molar-refractivity contribution in [3.05, 3.63) is 30.1 Å². The number of carbonyl (C=O) groups is 2. The average Bonchev–Trinajstić information content (AvgIpc) is 3.03. The van der Waals surface area contributed by atoms with Crippen LogP contribution in [-0.2, 0) is 9.59 Å². The standard InChI is InChI=1S/C18H23FN4O2/c19-14-1-3-15(4-2-14)23-11-13(9-17(23)24)18(25)20-10-16-12-21-5-7-22(16)8-6-21/h1-4,13,16H,5-12H2,(H,20,25). The summed E-state index contributed by atoms with van der Waals surface area (Å²) in [6.07, 6.45) is 0.212. The first kappa shape index (κ1) is 16.5. The van der Waals surface area contributed by atoms with Crippen LogP contribution in [0, 0.1) is 11.7 Å². The van der Waals surface area contributed by atoms with Crippen LogP contribution in [0.4, 0.5) is 10.1 Å². The largest absolute Gasteiger partial charge is 0.354 e. The SMILES string of the molecule is O=C(NCC1CN2CCN1CC2)C1CC(=O)N(c2ccc(F)cc2)C1. The quantitative estimate of drug-likeness (QED) is 0.852. The molecular formula is C18H23FN4O2. The summed E-state index contributed by atoms with van der Waals surface area (Å²) in [6, 6.07) is 6.19. The zero-order valence-corrected chi connectivity index (χ0v) is 14.2. The second-order valence-corrected chi connectivity index (χ2v) is 7.12. The highest BCUT2D eigenvalue weighted by Gasteiger charge is 2.36. The van der Waals surface area contributed by atoms with E-state index in [1.165, 1.54) is 12.1 Å². The van der Waals surface area contributed by atoms with Crippen molar-refractivity contribution in [1.29, 1.82) is 0 Å². The van der Waals surface area contributed by atoms with Crippen LogP contribution >= 0.6 is 0 Å². The van der Waals surface area contributed by atoms with E-state index in [9.17, 15) is 14.0 Å². The predicted molar refractivity (Wildman–Crippen MR) is 91.7 cm³/mol. The Morgan fingerprint density at radius 2 is 1.84 bits per heavy atom. The monoisotopic (exact) mass is 346 g/mol. The Labute approximate surface area is 146 Å². The Morgan fingerprint density at radius 1 is 1.12 bits per heavy atom. The van der Waals surface area contributed by atoms with E-state index in [1.54, 1.807) is 17.0 Å². The van der Waals surface area contributed by atoms with Gasteiger partial charge in [0.15, 0.2) is 0 Å². The van der Waals surface area contributed by atoms with Gasteiger partial charge in [-0.2, -0.15) is 0 Å². The molecule has 4 aliphatic rings. The normalized spacial score (nSPS) is 31.4. The van der Waals surface area contributed by atoms with Crippen molar-refractivity contribution >= 4 is 17.5 Å². The Kier molecular flexibility index (Phi) is 4.43. The maximum atomic E-state index is 13.0. The van der Waals surface area contributed by atoms with E-state index in [1.807, 2.05) is 0 Å². The molecule has 4 fully saturated rings. The first-order valence-corrected chi connectivity index (χ1v) is 8.90. The van der Waals surface area contributed by atoms with Gasteiger partial charge in [-0.1, -0.05) is 0 Å². The van der Waals surface area contributed by atoms with Crippen LogP contribution in [0.25, 0.3) is 0 Å². The second kappa shape index (κ2) is 6.72. The Bertz CT molecular complexity index is 658. The highest BCUT2D eigenvalue weighted by atomic mass is 19.1. The smallest absolute Gasteiger partial charge is 0.227 e. The maximum Gasteiger partial charge on any atom is 0.227 e. The van der Waals surface area contributed by atoms with Crippen molar-refractivity contribution in [2.75, 3.05) is 50.7 Å². The Balaban J connectivity index is 1.32. The maximum absolute atomic E-state index is 13.0. The summed E-state index contributed by atoms with van der Waals surface area (Å²) in [4.78, 5) is 31.2. The van der Waals surface area contributed by atoms with E-state index in [0.717, 1.165) is 32.7 Å². The molecule has 0 radical (unpaired) electrons. The topological polar surface area (TPSA) is 55.9 Å². The number of rotatable bonds is 4. The van der Waals surface area contributed by atoms with Crippen molar-refractivity contribution in [3.8, 4) is 0 Å². The van der Waals surface area contributed by atoms with E-state index >= 15 is 0 Å². The van der Waals surface area contributed by atoms with E-state index in [2.05, 4.69) is 15.1 Å². The molecule has 0 aromatic heterocycles. The molecule has 0 spiro atoms. The molecule has 4 heterocycles. The number of carbonyl (C=O) groups excluding carboxylic acids is 2. The minimum absolute atomic E-state index is 0.0596. The minimum atomic E-state index is -0.339. The first-order chi connectivity index (χ1) is 12.1. The summed E-state index contributed by atoms with van der Waals surface area (Å²) < 4.78 is 13.0. The number of benzene rings is 1. The number of amides is 2. The Morgan fingerprint density at radius 3 is 2.48 bits per heavy atom. The first-order valence-electron chi connectivity index (χ1n) is 8.90. The number of fused-ring (bicyclic) bond motifs is 3. The molecule has 5 rings (SSSR count). The number of hydrogen-bond acceptors (Lipinski definition) is 4. The molecule has 1 aromatic rings. The lowest BCUT2D eigenvalue weighted by Crippen LogP contribution is -2.63. The summed E-state index contributed by atoms with van der Waals surface area (Å²) in [5, 5.41) is 3.03. The summed E-state index contributed by atoms with van der Waals surface area (Å²) >= 11 is 0. The van der Waals surface area contributed by atoms with Crippen molar-refractivity contribution < 1.29 is 14.0 Å². The van der Waals surface area contributed by atoms with Crippen LogP contribution < -0.4 is 10.2 Å². The molecule has 25 heavy (non-hydrogen) atoms. The fourth-order valence-corrected chi connectivity index (χ4v) is 4.03. The van der Waals surface area contributed by atoms with Crippen LogP contribution in [0.5, 0.6) is 0 Å². The van der Waals surface area contributed by atoms with Crippen molar-refractivity contribution in [1.82, 2.24) is 15.1 Å². The molecule has 2 unspecified atom stereocenters. The van der Waals surface area contributed by atoms with Crippen LogP contribution in [0.15, 0.2) is 24.3 Å². The van der Waals surface area contributed by atoms with Crippen molar-refractivity contribution in [3.63, 3.8) is 0 Å². The predicted octanol–water partition coefficient (Wildman–Crippen LogP) is 0.295. The second-order valence-electron chi connectivity index (χ2n) is 7.12. The molecule has 0 saturated carbocycles. The molecular weight excluding hydrogens is 323 g/mol. The van der Waals surface area contributed by atoms with Crippen molar-refractivity contribution in [2.45, 2.75) is 12.5 Å². The number of nitrogens with zero attached hydrogens (tertiary/aromatic N) is 3. The van der Waals surface area contributed by atoms with E-state index < -0.39 is 0 Å². The number of nitrogens with one attached hydrogen (secondary N) is 1. The van der Waals surface area contributed by atoms with Gasteiger partial charge in [-0.25, -0.2) is 4.39 Å². The summed E-state index contributed by atoms with van der Waals surface area (Å²) in [7, 11) is 0. The average molecular weight is 346 g/mol. The third-order valence-corrected chi connectivity index (χ3v) is 5.54. The Hall–Kier alpha value is -1.99. The molecule has 2 atom stereocenters. The zero-order valence-electron chi connectivity index (χ0n) is 14.2. The fourth-order valence-electron chi connectivity index (χ4n) is 4.03. The molecule has 1 aromatic carbocycles. The summed E-state index contributed by atoms with van der Waals surface area (Å²) in [6.45, 7) is 6.38. The highest BCUT2D eigenvalue weighted by molar-refractivity contribution is 6.00.